The van der Waals surface area contributed by atoms with E-state index in [1.807, 2.05) is 0 Å². The molecule has 6 nitrogen and oxygen atoms in total. The molecule has 0 radical (unpaired) electrons. The highest BCUT2D eigenvalue weighted by Gasteiger charge is 2.31. The Morgan fingerprint density at radius 3 is 2.68 bits per heavy atom. The van der Waals surface area contributed by atoms with Crippen molar-refractivity contribution in [2.75, 3.05) is 13.7 Å². The Hall–Kier alpha value is -3.59. The van der Waals surface area contributed by atoms with Gasteiger partial charge in [-0.2, -0.15) is 0 Å². The molecule has 1 N–H and O–H groups in total. The molecule has 0 aliphatic carbocycles. The zero-order valence-electron chi connectivity index (χ0n) is 16.3. The number of ether oxygens (including phenoxy) is 1. The molecule has 3 aromatic heterocycles. The fraction of sp³-hybridized carbons (Fsp3) is 0.182. The average Bonchev–Trinajstić information content (AvgIpc) is 3.17. The van der Waals surface area contributed by atoms with Gasteiger partial charge >= 0.3 is 0 Å². The van der Waals surface area contributed by atoms with E-state index < -0.39 is 29.1 Å². The third kappa shape index (κ3) is 3.09. The van der Waals surface area contributed by atoms with Gasteiger partial charge in [-0.1, -0.05) is 0 Å². The molecule has 1 amide bonds. The summed E-state index contributed by atoms with van der Waals surface area (Å²) < 4.78 is 48.4. The van der Waals surface area contributed by atoms with Gasteiger partial charge in [0.15, 0.2) is 11.6 Å². The van der Waals surface area contributed by atoms with Crippen molar-refractivity contribution in [1.29, 1.82) is 0 Å². The third-order valence-electron chi connectivity index (χ3n) is 5.63. The van der Waals surface area contributed by atoms with Crippen molar-refractivity contribution >= 4 is 22.2 Å². The summed E-state index contributed by atoms with van der Waals surface area (Å²) in [5, 5.41) is 0.227. The lowest BCUT2D eigenvalue weighted by Crippen LogP contribution is -2.37. The third-order valence-corrected chi connectivity index (χ3v) is 5.63. The summed E-state index contributed by atoms with van der Waals surface area (Å²) in [6.45, 7) is 0.185. The summed E-state index contributed by atoms with van der Waals surface area (Å²) in [7, 11) is 1.56. The van der Waals surface area contributed by atoms with Gasteiger partial charge in [-0.05, 0) is 35.7 Å². The van der Waals surface area contributed by atoms with Crippen LogP contribution in [-0.4, -0.2) is 33.8 Å². The quantitative estimate of drug-likeness (QED) is 0.532. The van der Waals surface area contributed by atoms with Gasteiger partial charge in [0.1, 0.15) is 5.82 Å². The van der Waals surface area contributed by atoms with Crippen molar-refractivity contribution in [3.63, 3.8) is 0 Å². The monoisotopic (exact) mass is 427 g/mol. The summed E-state index contributed by atoms with van der Waals surface area (Å²) in [5.41, 5.74) is 1.19. The average molecular weight is 427 g/mol. The van der Waals surface area contributed by atoms with Crippen molar-refractivity contribution in [3.05, 3.63) is 87.4 Å². The van der Waals surface area contributed by atoms with Gasteiger partial charge in [0.05, 0.1) is 30.2 Å². The highest BCUT2D eigenvalue weighted by atomic mass is 19.2. The van der Waals surface area contributed by atoms with Crippen LogP contribution >= 0.6 is 0 Å². The SMILES string of the molecule is CN(C(=O)c1cc2cc(F)ccn2c1)[C@H]1COCc2[nH]c(=O)c3cc(F)c(F)cc3c21. The van der Waals surface area contributed by atoms with E-state index >= 15 is 0 Å². The number of likely N-dealkylation sites (N-methyl/N-ethyl adjacent to an activating group) is 1. The molecule has 31 heavy (non-hydrogen) atoms. The van der Waals surface area contributed by atoms with E-state index in [-0.39, 0.29) is 29.9 Å². The number of pyridine rings is 2. The molecule has 5 rings (SSSR count). The van der Waals surface area contributed by atoms with Gasteiger partial charge in [-0.25, -0.2) is 13.2 Å². The highest BCUT2D eigenvalue weighted by molar-refractivity contribution is 5.96. The second-order valence-corrected chi connectivity index (χ2v) is 7.51. The van der Waals surface area contributed by atoms with E-state index in [0.717, 1.165) is 12.1 Å². The fourth-order valence-electron chi connectivity index (χ4n) is 4.09. The second kappa shape index (κ2) is 6.98. The molecular weight excluding hydrogens is 411 g/mol. The molecule has 0 saturated carbocycles. The maximum absolute atomic E-state index is 14.0. The van der Waals surface area contributed by atoms with Crippen LogP contribution in [0.3, 0.4) is 0 Å². The first-order valence-electron chi connectivity index (χ1n) is 9.49. The number of carbonyl (C=O) groups is 1. The van der Waals surface area contributed by atoms with Crippen LogP contribution in [0.15, 0.2) is 47.5 Å². The van der Waals surface area contributed by atoms with Gasteiger partial charge in [0.25, 0.3) is 11.5 Å². The summed E-state index contributed by atoms with van der Waals surface area (Å²) in [6, 6.07) is 5.34. The summed E-state index contributed by atoms with van der Waals surface area (Å²) in [6.07, 6.45) is 3.09. The zero-order chi connectivity index (χ0) is 21.9. The lowest BCUT2D eigenvalue weighted by molar-refractivity contribution is 0.0336. The molecule has 158 valence electrons. The van der Waals surface area contributed by atoms with Crippen molar-refractivity contribution < 1.29 is 22.7 Å². The normalized spacial score (nSPS) is 15.9. The Morgan fingerprint density at radius 2 is 1.90 bits per heavy atom. The Morgan fingerprint density at radius 1 is 1.16 bits per heavy atom. The standard InChI is InChI=1S/C22H16F3N3O3/c1-27(22(30)11-4-13-5-12(23)2-3-28(13)8-11)19-10-31-9-18-20(19)14-6-16(24)17(25)7-15(14)21(29)26-18/h2-8,19H,9-10H2,1H3,(H,26,29)/t19-/m0/s1. The summed E-state index contributed by atoms with van der Waals surface area (Å²) >= 11 is 0. The molecule has 1 aliphatic rings. The van der Waals surface area contributed by atoms with Gasteiger partial charge in [-0.3, -0.25) is 9.59 Å². The van der Waals surface area contributed by atoms with E-state index in [1.165, 1.54) is 23.2 Å². The lowest BCUT2D eigenvalue weighted by Gasteiger charge is -2.33. The van der Waals surface area contributed by atoms with Crippen molar-refractivity contribution in [2.45, 2.75) is 12.6 Å². The molecule has 0 spiro atoms. The maximum Gasteiger partial charge on any atom is 0.256 e. The molecule has 0 bridgehead atoms. The number of hydrogen-bond acceptors (Lipinski definition) is 3. The van der Waals surface area contributed by atoms with Gasteiger partial charge in [0, 0.05) is 36.2 Å². The molecule has 1 aliphatic heterocycles. The van der Waals surface area contributed by atoms with Crippen LogP contribution in [0.1, 0.15) is 27.7 Å². The first-order chi connectivity index (χ1) is 14.8. The van der Waals surface area contributed by atoms with E-state index in [2.05, 4.69) is 4.98 Å². The molecule has 4 aromatic rings. The number of nitrogens with zero attached hydrogens (tertiary/aromatic N) is 2. The van der Waals surface area contributed by atoms with E-state index in [1.54, 1.807) is 23.7 Å². The second-order valence-electron chi connectivity index (χ2n) is 7.51. The number of aromatic nitrogens is 2. The molecular formula is C22H16F3N3O3. The molecule has 1 aromatic carbocycles. The van der Waals surface area contributed by atoms with Gasteiger partial charge in [-0.15, -0.1) is 0 Å². The minimum absolute atomic E-state index is 0.00419. The molecule has 0 unspecified atom stereocenters. The maximum atomic E-state index is 14.0. The Bertz CT molecular complexity index is 1430. The highest BCUT2D eigenvalue weighted by Crippen LogP contribution is 2.34. The number of benzene rings is 1. The molecule has 0 saturated heterocycles. The largest absolute Gasteiger partial charge is 0.373 e. The van der Waals surface area contributed by atoms with Crippen molar-refractivity contribution in [2.24, 2.45) is 0 Å². The summed E-state index contributed by atoms with van der Waals surface area (Å²) in [5.74, 6) is -3.00. The van der Waals surface area contributed by atoms with Crippen LogP contribution in [0.2, 0.25) is 0 Å². The van der Waals surface area contributed by atoms with E-state index in [0.29, 0.717) is 22.3 Å². The number of hydrogen-bond donors (Lipinski definition) is 1. The number of halogens is 3. The predicted octanol–water partition coefficient (Wildman–Crippen LogP) is 3.54. The Kier molecular flexibility index (Phi) is 4.37. The van der Waals surface area contributed by atoms with E-state index in [4.69, 9.17) is 4.74 Å². The predicted molar refractivity (Wildman–Crippen MR) is 106 cm³/mol. The number of aromatic amines is 1. The fourth-order valence-corrected chi connectivity index (χ4v) is 4.09. The molecule has 1 atom stereocenters. The van der Waals surface area contributed by atoms with Crippen LogP contribution in [0.25, 0.3) is 16.3 Å². The van der Waals surface area contributed by atoms with Crippen LogP contribution in [-0.2, 0) is 11.3 Å². The minimum Gasteiger partial charge on any atom is -0.373 e. The van der Waals surface area contributed by atoms with Gasteiger partial charge < -0.3 is 19.0 Å². The molecule has 4 heterocycles. The molecule has 9 heteroatoms. The van der Waals surface area contributed by atoms with Crippen LogP contribution in [0, 0.1) is 17.5 Å². The number of fused-ring (bicyclic) bond motifs is 4. The van der Waals surface area contributed by atoms with E-state index in [9.17, 15) is 22.8 Å². The Balaban J connectivity index is 1.61. The number of nitrogens with one attached hydrogen (secondary N) is 1. The first kappa shape index (κ1) is 19.4. The Labute approximate surface area is 173 Å². The van der Waals surface area contributed by atoms with Crippen LogP contribution in [0.4, 0.5) is 13.2 Å². The lowest BCUT2D eigenvalue weighted by atomic mass is 9.95. The smallest absolute Gasteiger partial charge is 0.256 e. The van der Waals surface area contributed by atoms with Gasteiger partial charge in [0.2, 0.25) is 0 Å². The number of amides is 1. The first-order valence-corrected chi connectivity index (χ1v) is 9.49. The van der Waals surface area contributed by atoms with Crippen molar-refractivity contribution in [3.8, 4) is 0 Å². The zero-order valence-corrected chi connectivity index (χ0v) is 16.3. The number of carbonyl (C=O) groups excluding carboxylic acids is 1. The summed E-state index contributed by atoms with van der Waals surface area (Å²) in [4.78, 5) is 29.6. The van der Waals surface area contributed by atoms with Crippen LogP contribution in [0.5, 0.6) is 0 Å². The van der Waals surface area contributed by atoms with Crippen molar-refractivity contribution in [1.82, 2.24) is 14.3 Å². The molecule has 0 fully saturated rings. The number of H-pyrrole nitrogens is 1. The topological polar surface area (TPSA) is 66.8 Å². The van der Waals surface area contributed by atoms with Crippen LogP contribution < -0.4 is 5.56 Å². The number of rotatable bonds is 2. The minimum atomic E-state index is -1.13.